The molecule has 1 aliphatic rings. The summed E-state index contributed by atoms with van der Waals surface area (Å²) in [5.41, 5.74) is 8.13. The quantitative estimate of drug-likeness (QED) is 0.180. The van der Waals surface area contributed by atoms with Gasteiger partial charge in [-0.05, 0) is 77.5 Å². The first kappa shape index (κ1) is 30.8. The Morgan fingerprint density at radius 3 is 2.09 bits per heavy atom. The highest BCUT2D eigenvalue weighted by atomic mass is 32.1. The number of hydrogen-bond donors (Lipinski definition) is 0. The zero-order chi connectivity index (χ0) is 37.2. The first-order chi connectivity index (χ1) is 28.3. The van der Waals surface area contributed by atoms with Gasteiger partial charge in [-0.1, -0.05) is 103 Å². The van der Waals surface area contributed by atoms with Crippen LogP contribution in [0.1, 0.15) is 0 Å². The molecular weight excluding hydrogens is 721 g/mol. The predicted molar refractivity (Wildman–Crippen MR) is 234 cm³/mol. The Kier molecular flexibility index (Phi) is 6.23. The number of para-hydroxylation sites is 5. The van der Waals surface area contributed by atoms with E-state index < -0.39 is 0 Å². The second-order valence-electron chi connectivity index (χ2n) is 14.5. The van der Waals surface area contributed by atoms with Crippen LogP contribution in [0, 0.1) is 0 Å². The van der Waals surface area contributed by atoms with E-state index in [1.165, 1.54) is 36.3 Å². The van der Waals surface area contributed by atoms with Gasteiger partial charge in [0.05, 0.1) is 27.1 Å². The lowest BCUT2D eigenvalue weighted by Gasteiger charge is -2.33. The van der Waals surface area contributed by atoms with Crippen molar-refractivity contribution in [3.8, 4) is 28.7 Å². The molecule has 0 unspecified atom stereocenters. The van der Waals surface area contributed by atoms with Gasteiger partial charge in [0.25, 0.3) is 0 Å². The van der Waals surface area contributed by atoms with E-state index in [-0.39, 0.29) is 0 Å². The molecule has 0 N–H and O–H groups in total. The van der Waals surface area contributed by atoms with E-state index in [9.17, 15) is 0 Å². The molecule has 57 heavy (non-hydrogen) atoms. The van der Waals surface area contributed by atoms with Crippen molar-refractivity contribution < 1.29 is 9.15 Å². The van der Waals surface area contributed by atoms with Crippen LogP contribution < -0.4 is 9.64 Å². The molecule has 0 saturated carbocycles. The molecule has 1 aliphatic heterocycles. The van der Waals surface area contributed by atoms with Gasteiger partial charge < -0.3 is 14.1 Å². The van der Waals surface area contributed by atoms with Crippen molar-refractivity contribution in [2.45, 2.75) is 0 Å². The van der Waals surface area contributed by atoms with Gasteiger partial charge in [0.1, 0.15) is 11.1 Å². The van der Waals surface area contributed by atoms with Crippen LogP contribution in [0.5, 0.6) is 11.5 Å². The van der Waals surface area contributed by atoms with Crippen molar-refractivity contribution in [3.05, 3.63) is 170 Å². The van der Waals surface area contributed by atoms with E-state index in [2.05, 4.69) is 131 Å². The van der Waals surface area contributed by atoms with Crippen molar-refractivity contribution in [1.82, 2.24) is 14.5 Å². The number of thiophene rings is 1. The van der Waals surface area contributed by atoms with Gasteiger partial charge in [-0.15, -0.1) is 11.3 Å². The number of ether oxygens (including phenoxy) is 1. The van der Waals surface area contributed by atoms with E-state index >= 15 is 0 Å². The Morgan fingerprint density at radius 1 is 0.526 bits per heavy atom. The number of hydrogen-bond acceptors (Lipinski definition) is 6. The Labute approximate surface area is 329 Å². The molecule has 0 aliphatic carbocycles. The van der Waals surface area contributed by atoms with Crippen LogP contribution in [0.15, 0.2) is 174 Å². The van der Waals surface area contributed by atoms with E-state index in [1.807, 2.05) is 59.9 Å². The van der Waals surface area contributed by atoms with Gasteiger partial charge in [-0.2, -0.15) is 0 Å². The lowest BCUT2D eigenvalue weighted by atomic mass is 9.99. The van der Waals surface area contributed by atoms with Crippen molar-refractivity contribution >= 4 is 103 Å². The number of furan rings is 1. The molecule has 266 valence electrons. The Morgan fingerprint density at radius 2 is 1.21 bits per heavy atom. The zero-order valence-corrected chi connectivity index (χ0v) is 31.0. The first-order valence-corrected chi connectivity index (χ1v) is 19.8. The number of rotatable bonds is 3. The molecular formula is C50H28N4O2S. The van der Waals surface area contributed by atoms with Crippen molar-refractivity contribution in [2.75, 3.05) is 4.90 Å². The largest absolute Gasteiger partial charge is 0.453 e. The molecule has 8 aromatic carbocycles. The molecule has 7 heteroatoms. The highest BCUT2D eigenvalue weighted by molar-refractivity contribution is 7.27. The van der Waals surface area contributed by atoms with Crippen LogP contribution >= 0.6 is 11.3 Å². The third-order valence-corrected chi connectivity index (χ3v) is 12.5. The fraction of sp³-hybridized carbons (Fsp3) is 0. The standard InChI is InChI=1S/C50H28N4O2S/c1-2-14-30(15-3-1)53-37-22-10-12-24-40(37)55-41-27-26-29(28-38(41)53)49-51-45-34-19-7-11-23-39(34)56-47(45)50(52-49)54-36-21-9-6-18-33(36)43-31-16-4-5-17-32(31)44-35-20-8-13-25-42(35)57-48(44)46(43)54/h1-28H. The maximum atomic E-state index is 6.79. The molecule has 5 heterocycles. The number of benzene rings is 8. The summed E-state index contributed by atoms with van der Waals surface area (Å²) in [5, 5.41) is 8.28. The fourth-order valence-electron chi connectivity index (χ4n) is 8.95. The molecule has 0 amide bonds. The van der Waals surface area contributed by atoms with Crippen molar-refractivity contribution in [2.24, 2.45) is 0 Å². The topological polar surface area (TPSA) is 56.3 Å². The fourth-order valence-corrected chi connectivity index (χ4v) is 10.2. The Hall–Kier alpha value is -7.48. The van der Waals surface area contributed by atoms with Gasteiger partial charge in [-0.3, -0.25) is 4.57 Å². The number of anilines is 3. The molecule has 0 saturated heterocycles. The molecule has 6 nitrogen and oxygen atoms in total. The number of nitrogens with zero attached hydrogens (tertiary/aromatic N) is 4. The van der Waals surface area contributed by atoms with Gasteiger partial charge >= 0.3 is 0 Å². The van der Waals surface area contributed by atoms with E-state index in [0.717, 1.165) is 67.0 Å². The monoisotopic (exact) mass is 748 g/mol. The summed E-state index contributed by atoms with van der Waals surface area (Å²) in [5.74, 6) is 2.86. The summed E-state index contributed by atoms with van der Waals surface area (Å²) in [6.45, 7) is 0. The SMILES string of the molecule is c1ccc(N2c3ccccc3Oc3ccc(-c4nc(-n5c6ccccc6c6c7ccccc7c7c8ccccc8sc7c65)c5oc6ccccc6c5n4)cc32)cc1. The average molecular weight is 749 g/mol. The highest BCUT2D eigenvalue weighted by Crippen LogP contribution is 2.52. The van der Waals surface area contributed by atoms with Gasteiger partial charge in [0, 0.05) is 42.9 Å². The van der Waals surface area contributed by atoms with Crippen molar-refractivity contribution in [3.63, 3.8) is 0 Å². The maximum absolute atomic E-state index is 6.79. The number of aromatic nitrogens is 3. The van der Waals surface area contributed by atoms with Crippen LogP contribution in [0.2, 0.25) is 0 Å². The lowest BCUT2D eigenvalue weighted by Crippen LogP contribution is -2.15. The summed E-state index contributed by atoms with van der Waals surface area (Å²) in [4.78, 5) is 13.1. The molecule has 0 spiro atoms. The molecule has 0 radical (unpaired) electrons. The third kappa shape index (κ3) is 4.29. The van der Waals surface area contributed by atoms with Gasteiger partial charge in [-0.25, -0.2) is 9.97 Å². The van der Waals surface area contributed by atoms with Crippen LogP contribution in [-0.4, -0.2) is 14.5 Å². The minimum absolute atomic E-state index is 0.595. The van der Waals surface area contributed by atoms with E-state index in [4.69, 9.17) is 19.1 Å². The average Bonchev–Trinajstić information content (AvgIpc) is 3.96. The Bertz CT molecular complexity index is 3640. The van der Waals surface area contributed by atoms with Gasteiger partial charge in [0.15, 0.2) is 28.7 Å². The molecule has 4 aromatic heterocycles. The normalized spacial score (nSPS) is 12.7. The van der Waals surface area contributed by atoms with Crippen LogP contribution in [0.3, 0.4) is 0 Å². The zero-order valence-electron chi connectivity index (χ0n) is 30.2. The second kappa shape index (κ2) is 11.5. The molecule has 13 rings (SSSR count). The predicted octanol–water partition coefficient (Wildman–Crippen LogP) is 14.2. The molecule has 0 bridgehead atoms. The summed E-state index contributed by atoms with van der Waals surface area (Å²) in [7, 11) is 0. The molecule has 12 aromatic rings. The van der Waals surface area contributed by atoms with Crippen molar-refractivity contribution in [1.29, 1.82) is 0 Å². The second-order valence-corrected chi connectivity index (χ2v) is 15.5. The summed E-state index contributed by atoms with van der Waals surface area (Å²) in [6.07, 6.45) is 0. The third-order valence-electron chi connectivity index (χ3n) is 11.4. The molecule has 0 fully saturated rings. The lowest BCUT2D eigenvalue weighted by molar-refractivity contribution is 0.477. The minimum Gasteiger partial charge on any atom is -0.453 e. The number of fused-ring (bicyclic) bond motifs is 15. The van der Waals surface area contributed by atoms with Crippen LogP contribution in [0.4, 0.5) is 17.1 Å². The first-order valence-electron chi connectivity index (χ1n) is 19.0. The summed E-state index contributed by atoms with van der Waals surface area (Å²) >= 11 is 1.83. The maximum Gasteiger partial charge on any atom is 0.197 e. The summed E-state index contributed by atoms with van der Waals surface area (Å²) < 4.78 is 18.1. The van der Waals surface area contributed by atoms with Crippen LogP contribution in [-0.2, 0) is 0 Å². The smallest absolute Gasteiger partial charge is 0.197 e. The Balaban J connectivity index is 1.15. The van der Waals surface area contributed by atoms with E-state index in [0.29, 0.717) is 17.2 Å². The minimum atomic E-state index is 0.595. The van der Waals surface area contributed by atoms with Gasteiger partial charge in [0.2, 0.25) is 0 Å². The van der Waals surface area contributed by atoms with Crippen LogP contribution in [0.25, 0.3) is 92.0 Å². The summed E-state index contributed by atoms with van der Waals surface area (Å²) in [6, 6.07) is 59.2. The molecule has 0 atom stereocenters. The van der Waals surface area contributed by atoms with E-state index in [1.54, 1.807) is 0 Å². The highest BCUT2D eigenvalue weighted by Gasteiger charge is 2.29.